The predicted molar refractivity (Wildman–Crippen MR) is 97.2 cm³/mol. The van der Waals surface area contributed by atoms with Crippen LogP contribution in [0.25, 0.3) is 0 Å². The Morgan fingerprint density at radius 2 is 2.08 bits per heavy atom. The van der Waals surface area contributed by atoms with Crippen molar-refractivity contribution in [3.8, 4) is 0 Å². The highest BCUT2D eigenvalue weighted by Gasteiger charge is 2.41. The lowest BCUT2D eigenvalue weighted by atomic mass is 10.2. The van der Waals surface area contributed by atoms with E-state index in [2.05, 4.69) is 20.1 Å². The molecule has 25 heavy (non-hydrogen) atoms. The Morgan fingerprint density at radius 1 is 1.28 bits per heavy atom. The molecule has 3 heterocycles. The van der Waals surface area contributed by atoms with Crippen molar-refractivity contribution in [3.63, 3.8) is 0 Å². The van der Waals surface area contributed by atoms with Crippen LogP contribution in [-0.2, 0) is 29.3 Å². The average molecular weight is 369 g/mol. The van der Waals surface area contributed by atoms with Crippen molar-refractivity contribution in [2.24, 2.45) is 4.99 Å². The fourth-order valence-corrected chi connectivity index (χ4v) is 4.75. The summed E-state index contributed by atoms with van der Waals surface area (Å²) in [6, 6.07) is 0. The normalized spacial score (nSPS) is 22.5. The van der Waals surface area contributed by atoms with Gasteiger partial charge < -0.3 is 14.8 Å². The van der Waals surface area contributed by atoms with Gasteiger partial charge in [-0.05, 0) is 33.6 Å². The van der Waals surface area contributed by atoms with Gasteiger partial charge in [0.25, 0.3) is 0 Å². The zero-order valence-electron chi connectivity index (χ0n) is 15.3. The van der Waals surface area contributed by atoms with Gasteiger partial charge in [-0.3, -0.25) is 0 Å². The summed E-state index contributed by atoms with van der Waals surface area (Å²) in [5, 5.41) is 11.8. The summed E-state index contributed by atoms with van der Waals surface area (Å²) in [6.07, 6.45) is 3.30. The molecular formula is C16H28N6O2S. The first-order valence-corrected chi connectivity index (χ1v) is 10.7. The number of rotatable bonds is 3. The van der Waals surface area contributed by atoms with E-state index in [0.29, 0.717) is 19.6 Å². The van der Waals surface area contributed by atoms with Crippen LogP contribution in [0.4, 0.5) is 0 Å². The molecule has 0 amide bonds. The molecule has 1 saturated heterocycles. The summed E-state index contributed by atoms with van der Waals surface area (Å²) >= 11 is 0. The summed E-state index contributed by atoms with van der Waals surface area (Å²) in [6.45, 7) is 8.65. The van der Waals surface area contributed by atoms with Crippen molar-refractivity contribution in [2.45, 2.75) is 57.9 Å². The van der Waals surface area contributed by atoms with Crippen LogP contribution in [0.3, 0.4) is 0 Å². The molecular weight excluding hydrogens is 340 g/mol. The van der Waals surface area contributed by atoms with E-state index in [9.17, 15) is 8.42 Å². The van der Waals surface area contributed by atoms with Gasteiger partial charge >= 0.3 is 0 Å². The zero-order valence-corrected chi connectivity index (χ0v) is 16.1. The Kier molecular flexibility index (Phi) is 5.04. The number of fused-ring (bicyclic) bond motifs is 1. The third kappa shape index (κ3) is 3.65. The number of aryl methyl sites for hydroxylation is 1. The van der Waals surface area contributed by atoms with Gasteiger partial charge in [0.15, 0.2) is 21.6 Å². The highest BCUT2D eigenvalue weighted by atomic mass is 32.2. The summed E-state index contributed by atoms with van der Waals surface area (Å²) in [4.78, 5) is 6.75. The monoisotopic (exact) mass is 368 g/mol. The van der Waals surface area contributed by atoms with Gasteiger partial charge in [-0.1, -0.05) is 0 Å². The summed E-state index contributed by atoms with van der Waals surface area (Å²) in [7, 11) is -3.06. The lowest BCUT2D eigenvalue weighted by Gasteiger charge is -2.39. The Labute approximate surface area is 149 Å². The van der Waals surface area contributed by atoms with Gasteiger partial charge in [-0.2, -0.15) is 0 Å². The predicted octanol–water partition coefficient (Wildman–Crippen LogP) is 0.589. The molecule has 1 N–H and O–H groups in total. The molecule has 0 bridgehead atoms. The molecule has 0 radical (unpaired) electrons. The molecule has 0 spiro atoms. The molecule has 0 saturated carbocycles. The third-order valence-corrected chi connectivity index (χ3v) is 7.52. The number of aromatic nitrogens is 3. The molecule has 3 rings (SSSR count). The van der Waals surface area contributed by atoms with Crippen molar-refractivity contribution < 1.29 is 8.42 Å². The molecule has 2 aliphatic heterocycles. The van der Waals surface area contributed by atoms with Gasteiger partial charge in [0.1, 0.15) is 12.4 Å². The Bertz CT molecular complexity index is 753. The fraction of sp³-hybridized carbons (Fsp3) is 0.812. The van der Waals surface area contributed by atoms with E-state index in [0.717, 1.165) is 43.5 Å². The summed E-state index contributed by atoms with van der Waals surface area (Å²) < 4.78 is 25.9. The molecule has 1 aromatic rings. The maximum Gasteiger partial charge on any atom is 0.194 e. The van der Waals surface area contributed by atoms with Crippen molar-refractivity contribution in [1.29, 1.82) is 0 Å². The highest BCUT2D eigenvalue weighted by Crippen LogP contribution is 2.24. The average Bonchev–Trinajstić information content (AvgIpc) is 2.97. The zero-order chi connectivity index (χ0) is 18.1. The van der Waals surface area contributed by atoms with Crippen molar-refractivity contribution in [3.05, 3.63) is 11.6 Å². The quantitative estimate of drug-likeness (QED) is 0.620. The lowest BCUT2D eigenvalue weighted by molar-refractivity contribution is 0.353. The van der Waals surface area contributed by atoms with Crippen LogP contribution in [0.5, 0.6) is 0 Å². The second kappa shape index (κ2) is 6.93. The van der Waals surface area contributed by atoms with E-state index in [1.54, 1.807) is 13.8 Å². The second-order valence-corrected chi connectivity index (χ2v) is 10.1. The first-order chi connectivity index (χ1) is 11.8. The molecule has 0 aliphatic carbocycles. The van der Waals surface area contributed by atoms with E-state index in [1.165, 1.54) is 6.42 Å². The first kappa shape index (κ1) is 18.2. The van der Waals surface area contributed by atoms with E-state index < -0.39 is 14.6 Å². The van der Waals surface area contributed by atoms with E-state index in [-0.39, 0.29) is 5.75 Å². The smallest absolute Gasteiger partial charge is 0.194 e. The number of guanidine groups is 1. The Morgan fingerprint density at radius 3 is 2.80 bits per heavy atom. The minimum absolute atomic E-state index is 0.157. The fourth-order valence-electron chi connectivity index (χ4n) is 3.38. The molecule has 0 unspecified atom stereocenters. The van der Waals surface area contributed by atoms with E-state index in [4.69, 9.17) is 4.99 Å². The highest BCUT2D eigenvalue weighted by molar-refractivity contribution is 7.92. The van der Waals surface area contributed by atoms with Gasteiger partial charge in [-0.15, -0.1) is 10.2 Å². The van der Waals surface area contributed by atoms with E-state index >= 15 is 0 Å². The molecule has 1 aromatic heterocycles. The molecule has 1 fully saturated rings. The molecule has 0 aromatic carbocycles. The van der Waals surface area contributed by atoms with Crippen molar-refractivity contribution >= 4 is 15.8 Å². The number of hydrogen-bond donors (Lipinski definition) is 1. The standard InChI is InChI=1S/C16H28N6O2S/c1-4-17-15(21-9-10-25(23,24)16(2,3)12-21)18-11-14-20-19-13-7-5-6-8-22(13)14/h4-12H2,1-3H3,(H,17,18). The maximum atomic E-state index is 12.2. The topological polar surface area (TPSA) is 92.5 Å². The molecule has 140 valence electrons. The van der Waals surface area contributed by atoms with E-state index in [1.807, 2.05) is 11.8 Å². The third-order valence-electron chi connectivity index (χ3n) is 4.98. The largest absolute Gasteiger partial charge is 0.357 e. The van der Waals surface area contributed by atoms with Crippen LogP contribution >= 0.6 is 0 Å². The minimum atomic E-state index is -3.06. The van der Waals surface area contributed by atoms with Crippen LogP contribution in [0.1, 0.15) is 45.3 Å². The lowest BCUT2D eigenvalue weighted by Crippen LogP contribution is -2.57. The van der Waals surface area contributed by atoms with Crippen LogP contribution in [-0.4, -0.2) is 64.2 Å². The van der Waals surface area contributed by atoms with Gasteiger partial charge in [-0.25, -0.2) is 13.4 Å². The number of aliphatic imine (C=N–C) groups is 1. The van der Waals surface area contributed by atoms with Crippen molar-refractivity contribution in [1.82, 2.24) is 25.0 Å². The number of sulfone groups is 1. The van der Waals surface area contributed by atoms with Gasteiger partial charge in [0, 0.05) is 32.6 Å². The Hall–Kier alpha value is -1.64. The minimum Gasteiger partial charge on any atom is -0.357 e. The number of hydrogen-bond acceptors (Lipinski definition) is 5. The summed E-state index contributed by atoms with van der Waals surface area (Å²) in [5.41, 5.74) is 0. The van der Waals surface area contributed by atoms with Crippen LogP contribution in [0.15, 0.2) is 4.99 Å². The first-order valence-electron chi connectivity index (χ1n) is 9.00. The van der Waals surface area contributed by atoms with Gasteiger partial charge in [0.2, 0.25) is 0 Å². The van der Waals surface area contributed by atoms with Gasteiger partial charge in [0.05, 0.1) is 10.5 Å². The SMILES string of the molecule is CCNC(=NCc1nnc2n1CCCC2)N1CCS(=O)(=O)C(C)(C)C1. The molecule has 0 atom stereocenters. The molecule has 9 heteroatoms. The molecule has 2 aliphatic rings. The summed E-state index contributed by atoms with van der Waals surface area (Å²) in [5.74, 6) is 2.84. The van der Waals surface area contributed by atoms with Crippen LogP contribution < -0.4 is 5.32 Å². The molecule has 8 nitrogen and oxygen atoms in total. The number of nitrogens with one attached hydrogen (secondary N) is 1. The van der Waals surface area contributed by atoms with Crippen LogP contribution in [0.2, 0.25) is 0 Å². The van der Waals surface area contributed by atoms with Crippen molar-refractivity contribution in [2.75, 3.05) is 25.4 Å². The maximum absolute atomic E-state index is 12.2. The Balaban J connectivity index is 1.77. The van der Waals surface area contributed by atoms with Crippen LogP contribution in [0, 0.1) is 0 Å². The number of nitrogens with zero attached hydrogens (tertiary/aromatic N) is 5. The second-order valence-electron chi connectivity index (χ2n) is 7.31.